The van der Waals surface area contributed by atoms with Crippen LogP contribution >= 0.6 is 11.6 Å². The molecule has 0 saturated heterocycles. The van der Waals surface area contributed by atoms with Crippen LogP contribution in [0, 0.1) is 5.82 Å². The Morgan fingerprint density at radius 1 is 1.27 bits per heavy atom. The van der Waals surface area contributed by atoms with Crippen LogP contribution in [0.5, 0.6) is 5.75 Å². The molecule has 3 rings (SSSR count). The van der Waals surface area contributed by atoms with Gasteiger partial charge in [-0.25, -0.2) is 9.18 Å². The standard InChI is InChI=1S/C16H14ClFN2O2/c17-10-5-6-12(18)14(9-10)20-16(21)19-13-7-8-22-15-4-2-1-3-11(13)15/h1-6,9,13H,7-8H2,(H2,19,20,21)/t13-/m0/s1. The number of nitrogens with one attached hydrogen (secondary N) is 2. The quantitative estimate of drug-likeness (QED) is 0.874. The predicted octanol–water partition coefficient (Wildman–Crippen LogP) is 4.12. The summed E-state index contributed by atoms with van der Waals surface area (Å²) >= 11 is 5.80. The summed E-state index contributed by atoms with van der Waals surface area (Å²) in [6.45, 7) is 0.521. The predicted molar refractivity (Wildman–Crippen MR) is 82.9 cm³/mol. The molecule has 1 aliphatic rings. The first-order valence-corrected chi connectivity index (χ1v) is 7.25. The normalized spacial score (nSPS) is 16.4. The summed E-state index contributed by atoms with van der Waals surface area (Å²) in [6.07, 6.45) is 0.655. The third-order valence-electron chi connectivity index (χ3n) is 3.44. The molecule has 0 spiro atoms. The highest BCUT2D eigenvalue weighted by Crippen LogP contribution is 2.31. The maximum atomic E-state index is 13.6. The van der Waals surface area contributed by atoms with Crippen LogP contribution in [0.15, 0.2) is 42.5 Å². The lowest BCUT2D eigenvalue weighted by Crippen LogP contribution is -2.35. The van der Waals surface area contributed by atoms with Crippen molar-refractivity contribution >= 4 is 23.3 Å². The van der Waals surface area contributed by atoms with E-state index >= 15 is 0 Å². The SMILES string of the molecule is O=C(Nc1cc(Cl)ccc1F)N[C@H]1CCOc2ccccc21. The number of rotatable bonds is 2. The van der Waals surface area contributed by atoms with Crippen molar-refractivity contribution in [3.63, 3.8) is 0 Å². The summed E-state index contributed by atoms with van der Waals surface area (Å²) in [6, 6.07) is 10.9. The molecule has 22 heavy (non-hydrogen) atoms. The number of benzene rings is 2. The average molecular weight is 321 g/mol. The van der Waals surface area contributed by atoms with Crippen LogP contribution in [0.1, 0.15) is 18.0 Å². The van der Waals surface area contributed by atoms with Crippen molar-refractivity contribution < 1.29 is 13.9 Å². The van der Waals surface area contributed by atoms with Gasteiger partial charge in [-0.3, -0.25) is 0 Å². The molecule has 2 N–H and O–H groups in total. The van der Waals surface area contributed by atoms with Gasteiger partial charge in [0.25, 0.3) is 0 Å². The molecule has 0 radical (unpaired) electrons. The van der Waals surface area contributed by atoms with Crippen molar-refractivity contribution in [3.05, 3.63) is 58.9 Å². The minimum Gasteiger partial charge on any atom is -0.493 e. The van der Waals surface area contributed by atoms with Crippen molar-refractivity contribution in [2.75, 3.05) is 11.9 Å². The van der Waals surface area contributed by atoms with Gasteiger partial charge in [0.15, 0.2) is 0 Å². The smallest absolute Gasteiger partial charge is 0.319 e. The van der Waals surface area contributed by atoms with Crippen LogP contribution in [0.3, 0.4) is 0 Å². The van der Waals surface area contributed by atoms with Gasteiger partial charge < -0.3 is 15.4 Å². The Bertz CT molecular complexity index is 708. The van der Waals surface area contributed by atoms with Gasteiger partial charge in [-0.1, -0.05) is 29.8 Å². The van der Waals surface area contributed by atoms with E-state index in [0.717, 1.165) is 11.3 Å². The fraction of sp³-hybridized carbons (Fsp3) is 0.188. The van der Waals surface area contributed by atoms with Crippen LogP contribution in [-0.2, 0) is 0 Å². The summed E-state index contributed by atoms with van der Waals surface area (Å²) in [5, 5.41) is 5.66. The van der Waals surface area contributed by atoms with Crippen molar-refractivity contribution in [1.29, 1.82) is 0 Å². The minimum absolute atomic E-state index is 0.0466. The van der Waals surface area contributed by atoms with E-state index in [9.17, 15) is 9.18 Å². The number of hydrogen-bond donors (Lipinski definition) is 2. The molecule has 0 aliphatic carbocycles. The molecule has 2 aromatic carbocycles. The number of anilines is 1. The zero-order chi connectivity index (χ0) is 15.5. The lowest BCUT2D eigenvalue weighted by atomic mass is 10.0. The van der Waals surface area contributed by atoms with E-state index in [0.29, 0.717) is 18.1 Å². The van der Waals surface area contributed by atoms with E-state index in [1.807, 2.05) is 24.3 Å². The monoisotopic (exact) mass is 320 g/mol. The molecule has 0 unspecified atom stereocenters. The van der Waals surface area contributed by atoms with Crippen LogP contribution in [0.25, 0.3) is 0 Å². The number of amides is 2. The van der Waals surface area contributed by atoms with Gasteiger partial charge >= 0.3 is 6.03 Å². The van der Waals surface area contributed by atoms with Crippen molar-refractivity contribution in [3.8, 4) is 5.75 Å². The third kappa shape index (κ3) is 3.14. The van der Waals surface area contributed by atoms with Crippen molar-refractivity contribution in [1.82, 2.24) is 5.32 Å². The van der Waals surface area contributed by atoms with Crippen molar-refractivity contribution in [2.45, 2.75) is 12.5 Å². The average Bonchev–Trinajstić information content (AvgIpc) is 2.51. The fourth-order valence-corrected chi connectivity index (χ4v) is 2.57. The van der Waals surface area contributed by atoms with E-state index < -0.39 is 11.8 Å². The second-order valence-electron chi connectivity index (χ2n) is 4.95. The van der Waals surface area contributed by atoms with Crippen LogP contribution in [-0.4, -0.2) is 12.6 Å². The summed E-state index contributed by atoms with van der Waals surface area (Å²) < 4.78 is 19.2. The lowest BCUT2D eigenvalue weighted by Gasteiger charge is -2.26. The molecule has 0 aromatic heterocycles. The second kappa shape index (κ2) is 6.23. The molecule has 1 heterocycles. The van der Waals surface area contributed by atoms with E-state index in [-0.39, 0.29) is 11.7 Å². The summed E-state index contributed by atoms with van der Waals surface area (Å²) in [5.74, 6) is 0.222. The number of carbonyl (C=O) groups excluding carboxylic acids is 1. The van der Waals surface area contributed by atoms with Gasteiger partial charge in [0.2, 0.25) is 0 Å². The Morgan fingerprint density at radius 2 is 2.09 bits per heavy atom. The molecule has 4 nitrogen and oxygen atoms in total. The highest BCUT2D eigenvalue weighted by Gasteiger charge is 2.22. The number of ether oxygens (including phenoxy) is 1. The molecule has 1 atom stereocenters. The molecule has 0 saturated carbocycles. The van der Waals surface area contributed by atoms with E-state index in [2.05, 4.69) is 10.6 Å². The molecule has 0 fully saturated rings. The number of para-hydroxylation sites is 1. The molecular weight excluding hydrogens is 307 g/mol. The largest absolute Gasteiger partial charge is 0.493 e. The molecule has 2 aromatic rings. The molecule has 2 amide bonds. The molecule has 0 bridgehead atoms. The number of carbonyl (C=O) groups is 1. The summed E-state index contributed by atoms with van der Waals surface area (Å²) in [4.78, 5) is 12.1. The molecule has 6 heteroatoms. The maximum Gasteiger partial charge on any atom is 0.319 e. The Hall–Kier alpha value is -2.27. The van der Waals surface area contributed by atoms with Gasteiger partial charge in [0.1, 0.15) is 11.6 Å². The van der Waals surface area contributed by atoms with E-state index in [1.54, 1.807) is 0 Å². The molecular formula is C16H14ClFN2O2. The Balaban J connectivity index is 1.72. The number of urea groups is 1. The van der Waals surface area contributed by atoms with Gasteiger partial charge in [0, 0.05) is 17.0 Å². The second-order valence-corrected chi connectivity index (χ2v) is 5.39. The Labute approximate surface area is 132 Å². The first-order chi connectivity index (χ1) is 10.6. The van der Waals surface area contributed by atoms with Crippen LogP contribution < -0.4 is 15.4 Å². The number of halogens is 2. The molecule has 1 aliphatic heterocycles. The van der Waals surface area contributed by atoms with Crippen LogP contribution in [0.2, 0.25) is 5.02 Å². The van der Waals surface area contributed by atoms with Gasteiger partial charge in [-0.15, -0.1) is 0 Å². The Kier molecular flexibility index (Phi) is 4.15. The van der Waals surface area contributed by atoms with E-state index in [4.69, 9.17) is 16.3 Å². The first kappa shape index (κ1) is 14.7. The van der Waals surface area contributed by atoms with E-state index in [1.165, 1.54) is 18.2 Å². The molecule has 114 valence electrons. The topological polar surface area (TPSA) is 50.4 Å². The Morgan fingerprint density at radius 3 is 2.95 bits per heavy atom. The highest BCUT2D eigenvalue weighted by atomic mass is 35.5. The first-order valence-electron chi connectivity index (χ1n) is 6.88. The number of fused-ring (bicyclic) bond motifs is 1. The number of hydrogen-bond acceptors (Lipinski definition) is 2. The van der Waals surface area contributed by atoms with Gasteiger partial charge in [0.05, 0.1) is 18.3 Å². The fourth-order valence-electron chi connectivity index (χ4n) is 2.40. The third-order valence-corrected chi connectivity index (χ3v) is 3.68. The minimum atomic E-state index is -0.535. The summed E-state index contributed by atoms with van der Waals surface area (Å²) in [5.41, 5.74) is 0.959. The van der Waals surface area contributed by atoms with Crippen LogP contribution in [0.4, 0.5) is 14.9 Å². The van der Waals surface area contributed by atoms with Gasteiger partial charge in [-0.05, 0) is 24.3 Å². The van der Waals surface area contributed by atoms with Gasteiger partial charge in [-0.2, -0.15) is 0 Å². The maximum absolute atomic E-state index is 13.6. The highest BCUT2D eigenvalue weighted by molar-refractivity contribution is 6.30. The zero-order valence-corrected chi connectivity index (χ0v) is 12.4. The van der Waals surface area contributed by atoms with Crippen molar-refractivity contribution in [2.24, 2.45) is 0 Å². The lowest BCUT2D eigenvalue weighted by molar-refractivity contribution is 0.232. The summed E-state index contributed by atoms with van der Waals surface area (Å²) in [7, 11) is 0. The zero-order valence-electron chi connectivity index (χ0n) is 11.6.